The summed E-state index contributed by atoms with van der Waals surface area (Å²) in [6.07, 6.45) is 0. The molecule has 1 amide bonds. The Labute approximate surface area is 133 Å². The van der Waals surface area contributed by atoms with Crippen LogP contribution in [0.5, 0.6) is 0 Å². The third-order valence-corrected chi connectivity index (χ3v) is 4.86. The molecule has 1 radical (unpaired) electrons. The molecule has 0 aromatic heterocycles. The van der Waals surface area contributed by atoms with E-state index in [1.54, 1.807) is 18.2 Å². The van der Waals surface area contributed by atoms with Crippen LogP contribution in [-0.4, -0.2) is 20.1 Å². The Bertz CT molecular complexity index is 794. The summed E-state index contributed by atoms with van der Waals surface area (Å²) < 4.78 is 38.3. The zero-order chi connectivity index (χ0) is 16.3. The summed E-state index contributed by atoms with van der Waals surface area (Å²) >= 11 is 5.90. The zero-order valence-corrected chi connectivity index (χ0v) is 13.2. The number of anilines is 1. The van der Waals surface area contributed by atoms with E-state index in [-0.39, 0.29) is 22.0 Å². The Balaban J connectivity index is 2.60. The molecule has 0 saturated heterocycles. The van der Waals surface area contributed by atoms with Gasteiger partial charge in [0.25, 0.3) is 5.91 Å². The number of amides is 1. The van der Waals surface area contributed by atoms with E-state index in [1.807, 2.05) is 0 Å². The van der Waals surface area contributed by atoms with Crippen molar-refractivity contribution in [1.82, 2.24) is 0 Å². The number of halogens is 2. The second kappa shape index (κ2) is 6.46. The van der Waals surface area contributed by atoms with Crippen LogP contribution in [-0.2, 0) is 10.0 Å². The lowest BCUT2D eigenvalue weighted by Crippen LogP contribution is -2.38. The predicted octanol–water partition coefficient (Wildman–Crippen LogP) is 3.28. The molecule has 0 unspecified atom stereocenters. The van der Waals surface area contributed by atoms with Crippen LogP contribution in [0.3, 0.4) is 0 Å². The molecule has 0 spiro atoms. The summed E-state index contributed by atoms with van der Waals surface area (Å²) in [5, 5.41) is -0.183. The van der Waals surface area contributed by atoms with Crippen LogP contribution < -0.4 is 4.31 Å². The molecule has 2 rings (SSSR count). The minimum absolute atomic E-state index is 0.126. The van der Waals surface area contributed by atoms with E-state index >= 15 is 0 Å². The standard InChI is InChI=1S/C15H12ClFNO3S/c1-2-22(20,21)18(14-9-8-12(17)10-13(14)16)15(19)11-6-4-3-5-7-11/h3-7,9-10H,2H2,1H3. The molecular weight excluding hydrogens is 329 g/mol. The molecule has 0 heterocycles. The van der Waals surface area contributed by atoms with E-state index in [0.29, 0.717) is 4.31 Å². The van der Waals surface area contributed by atoms with Gasteiger partial charge in [-0.15, -0.1) is 0 Å². The molecule has 4 nitrogen and oxygen atoms in total. The Morgan fingerprint density at radius 3 is 2.50 bits per heavy atom. The third kappa shape index (κ3) is 3.28. The molecule has 2 aromatic carbocycles. The molecule has 0 aliphatic heterocycles. The highest BCUT2D eigenvalue weighted by Crippen LogP contribution is 2.30. The molecule has 0 N–H and O–H groups in total. The molecule has 0 aliphatic rings. The Hall–Kier alpha value is -1.92. The number of sulfonamides is 1. The number of hydrogen-bond donors (Lipinski definition) is 0. The second-order valence-corrected chi connectivity index (χ2v) is 6.86. The first-order valence-corrected chi connectivity index (χ1v) is 8.34. The minimum atomic E-state index is -3.94. The van der Waals surface area contributed by atoms with Crippen molar-refractivity contribution in [3.63, 3.8) is 0 Å². The quantitative estimate of drug-likeness (QED) is 0.858. The summed E-state index contributed by atoms with van der Waals surface area (Å²) in [6.45, 7) is 1.40. The van der Waals surface area contributed by atoms with Gasteiger partial charge < -0.3 is 0 Å². The van der Waals surface area contributed by atoms with Crippen molar-refractivity contribution in [2.24, 2.45) is 0 Å². The van der Waals surface area contributed by atoms with E-state index in [1.165, 1.54) is 19.1 Å². The van der Waals surface area contributed by atoms with Gasteiger partial charge >= 0.3 is 0 Å². The number of nitrogens with zero attached hydrogens (tertiary/aromatic N) is 1. The lowest BCUT2D eigenvalue weighted by molar-refractivity contribution is 0.101. The largest absolute Gasteiger partial charge is 0.272 e. The lowest BCUT2D eigenvalue weighted by atomic mass is 10.2. The maximum atomic E-state index is 13.1. The molecule has 0 bridgehead atoms. The lowest BCUT2D eigenvalue weighted by Gasteiger charge is -2.22. The van der Waals surface area contributed by atoms with Gasteiger partial charge in [-0.1, -0.05) is 29.8 Å². The van der Waals surface area contributed by atoms with Crippen LogP contribution in [0.4, 0.5) is 10.1 Å². The van der Waals surface area contributed by atoms with Gasteiger partial charge in [-0.3, -0.25) is 4.79 Å². The molecule has 2 aromatic rings. The third-order valence-electron chi connectivity index (χ3n) is 2.91. The van der Waals surface area contributed by atoms with Gasteiger partial charge in [-0.2, -0.15) is 0 Å². The number of hydrogen-bond acceptors (Lipinski definition) is 3. The van der Waals surface area contributed by atoms with E-state index in [4.69, 9.17) is 11.6 Å². The molecule has 7 heteroatoms. The molecule has 115 valence electrons. The van der Waals surface area contributed by atoms with Gasteiger partial charge in [0, 0.05) is 11.6 Å². The Kier molecular flexibility index (Phi) is 4.83. The van der Waals surface area contributed by atoms with Crippen LogP contribution in [0.2, 0.25) is 5.02 Å². The van der Waals surface area contributed by atoms with E-state index in [2.05, 4.69) is 6.07 Å². The first-order valence-electron chi connectivity index (χ1n) is 6.36. The predicted molar refractivity (Wildman–Crippen MR) is 83.0 cm³/mol. The van der Waals surface area contributed by atoms with Crippen molar-refractivity contribution in [3.05, 3.63) is 64.9 Å². The fraction of sp³-hybridized carbons (Fsp3) is 0.133. The molecule has 0 fully saturated rings. The van der Waals surface area contributed by atoms with Crippen LogP contribution in [0.1, 0.15) is 17.3 Å². The SMILES string of the molecule is CCS(=O)(=O)N(C(=O)c1ccccc1)c1c[c]c(F)cc1Cl. The number of carbonyl (C=O) groups is 1. The van der Waals surface area contributed by atoms with Crippen molar-refractivity contribution in [2.45, 2.75) is 6.92 Å². The first-order chi connectivity index (χ1) is 10.4. The van der Waals surface area contributed by atoms with Gasteiger partial charge in [0.15, 0.2) is 0 Å². The molecule has 0 atom stereocenters. The van der Waals surface area contributed by atoms with E-state index in [0.717, 1.165) is 12.1 Å². The van der Waals surface area contributed by atoms with Gasteiger partial charge in [-0.05, 0) is 31.2 Å². The highest BCUT2D eigenvalue weighted by atomic mass is 35.5. The van der Waals surface area contributed by atoms with Crippen molar-refractivity contribution in [3.8, 4) is 0 Å². The number of carbonyl (C=O) groups excluding carboxylic acids is 1. The van der Waals surface area contributed by atoms with Crippen molar-refractivity contribution in [2.75, 3.05) is 10.1 Å². The van der Waals surface area contributed by atoms with E-state index in [9.17, 15) is 17.6 Å². The van der Waals surface area contributed by atoms with Crippen molar-refractivity contribution < 1.29 is 17.6 Å². The van der Waals surface area contributed by atoms with Gasteiger partial charge in [0.05, 0.1) is 16.5 Å². The van der Waals surface area contributed by atoms with Crippen LogP contribution in [0.25, 0.3) is 0 Å². The zero-order valence-electron chi connectivity index (χ0n) is 11.6. The van der Waals surface area contributed by atoms with Crippen molar-refractivity contribution >= 4 is 33.2 Å². The minimum Gasteiger partial charge on any atom is -0.268 e. The fourth-order valence-electron chi connectivity index (χ4n) is 1.80. The second-order valence-electron chi connectivity index (χ2n) is 4.35. The van der Waals surface area contributed by atoms with Crippen molar-refractivity contribution in [1.29, 1.82) is 0 Å². The van der Waals surface area contributed by atoms with Gasteiger partial charge in [0.1, 0.15) is 5.82 Å². The molecule has 0 saturated carbocycles. The Morgan fingerprint density at radius 2 is 1.95 bits per heavy atom. The van der Waals surface area contributed by atoms with Gasteiger partial charge in [-0.25, -0.2) is 17.1 Å². The van der Waals surface area contributed by atoms with E-state index < -0.39 is 21.7 Å². The maximum Gasteiger partial charge on any atom is 0.272 e. The maximum absolute atomic E-state index is 13.1. The Morgan fingerprint density at radius 1 is 1.32 bits per heavy atom. The van der Waals surface area contributed by atoms with Gasteiger partial charge in [0.2, 0.25) is 10.0 Å². The fourth-order valence-corrected chi connectivity index (χ4v) is 3.15. The normalized spacial score (nSPS) is 11.2. The van der Waals surface area contributed by atoms with Crippen LogP contribution >= 0.6 is 11.6 Å². The molecular formula is C15H12ClFNO3S. The molecule has 22 heavy (non-hydrogen) atoms. The van der Waals surface area contributed by atoms with Crippen LogP contribution in [0.15, 0.2) is 42.5 Å². The average Bonchev–Trinajstić information content (AvgIpc) is 2.50. The monoisotopic (exact) mass is 340 g/mol. The number of benzene rings is 2. The average molecular weight is 341 g/mol. The smallest absolute Gasteiger partial charge is 0.268 e. The number of rotatable bonds is 4. The summed E-state index contributed by atoms with van der Waals surface area (Å²) in [6, 6.07) is 12.1. The summed E-state index contributed by atoms with van der Waals surface area (Å²) in [5.41, 5.74) is 0.0543. The first kappa shape index (κ1) is 16.5. The highest BCUT2D eigenvalue weighted by Gasteiger charge is 2.30. The topological polar surface area (TPSA) is 54.5 Å². The summed E-state index contributed by atoms with van der Waals surface area (Å²) in [7, 11) is -3.94. The summed E-state index contributed by atoms with van der Waals surface area (Å²) in [5.74, 6) is -1.81. The molecule has 0 aliphatic carbocycles. The highest BCUT2D eigenvalue weighted by molar-refractivity contribution is 7.93. The summed E-state index contributed by atoms with van der Waals surface area (Å²) in [4.78, 5) is 12.6. The van der Waals surface area contributed by atoms with Crippen LogP contribution in [0, 0.1) is 11.9 Å².